The number of rotatable bonds is 2. The van der Waals surface area contributed by atoms with Crippen molar-refractivity contribution in [2.45, 2.75) is 25.9 Å². The van der Waals surface area contributed by atoms with Crippen LogP contribution in [0.1, 0.15) is 5.56 Å². The van der Waals surface area contributed by atoms with Crippen LogP contribution in [0.3, 0.4) is 0 Å². The van der Waals surface area contributed by atoms with Crippen LogP contribution in [0.4, 0.5) is 0 Å². The van der Waals surface area contributed by atoms with E-state index in [0.29, 0.717) is 0 Å². The maximum Gasteiger partial charge on any atom is 0.273 e. The molecule has 5 nitrogen and oxygen atoms in total. The third-order valence-corrected chi connectivity index (χ3v) is 11.4. The van der Waals surface area contributed by atoms with Crippen molar-refractivity contribution in [2.24, 2.45) is 11.8 Å². The van der Waals surface area contributed by atoms with Crippen LogP contribution in [-0.4, -0.2) is 38.6 Å². The molecule has 0 N–H and O–H groups in total. The molecule has 4 unspecified atom stereocenters. The number of fused-ring (bicyclic) bond motifs is 5. The number of allylic oxidation sites excluding steroid dienone is 2. The topological polar surface area (TPSA) is 71.5 Å². The van der Waals surface area contributed by atoms with Crippen LogP contribution >= 0.6 is 69.6 Å². The molecule has 1 heterocycles. The Morgan fingerprint density at radius 3 is 1.64 bits per heavy atom. The molecule has 0 spiro atoms. The average Bonchev–Trinajstić information content (AvgIpc) is 3.00. The summed E-state index contributed by atoms with van der Waals surface area (Å²) < 4.78 is 24.1. The minimum atomic E-state index is -4.51. The van der Waals surface area contributed by atoms with Crippen LogP contribution in [-0.2, 0) is 19.6 Å². The Morgan fingerprint density at radius 1 is 0.857 bits per heavy atom. The number of amides is 2. The summed E-state index contributed by atoms with van der Waals surface area (Å²) in [5, 5.41) is -0.569. The third kappa shape index (κ3) is 2.06. The van der Waals surface area contributed by atoms with E-state index in [1.807, 2.05) is 0 Å². The number of nitrogens with zero attached hydrogens (tertiary/aromatic N) is 1. The molecular formula is C16H9Cl6NO4S. The number of sulfonamides is 1. The van der Waals surface area contributed by atoms with Gasteiger partial charge in [-0.3, -0.25) is 9.59 Å². The maximum absolute atomic E-state index is 13.1. The molecule has 1 saturated carbocycles. The van der Waals surface area contributed by atoms with Crippen molar-refractivity contribution < 1.29 is 18.0 Å². The summed E-state index contributed by atoms with van der Waals surface area (Å²) in [7, 11) is -4.51. The number of carbonyl (C=O) groups is 2. The van der Waals surface area contributed by atoms with E-state index in [9.17, 15) is 18.0 Å². The summed E-state index contributed by atoms with van der Waals surface area (Å²) in [6.07, 6.45) is 0. The van der Waals surface area contributed by atoms with Crippen molar-refractivity contribution in [1.29, 1.82) is 0 Å². The van der Waals surface area contributed by atoms with Gasteiger partial charge in [0.1, 0.15) is 9.75 Å². The number of carbonyl (C=O) groups excluding carboxylic acids is 2. The highest BCUT2D eigenvalue weighted by Gasteiger charge is 2.88. The number of hydrogen-bond acceptors (Lipinski definition) is 4. The first-order valence-electron chi connectivity index (χ1n) is 7.77. The molecule has 1 aromatic carbocycles. The first kappa shape index (κ1) is 21.0. The summed E-state index contributed by atoms with van der Waals surface area (Å²) in [6, 6.07) is 5.64. The van der Waals surface area contributed by atoms with Gasteiger partial charge in [-0.2, -0.15) is 4.31 Å². The first-order chi connectivity index (χ1) is 12.8. The van der Waals surface area contributed by atoms with Gasteiger partial charge in [0, 0.05) is 0 Å². The van der Waals surface area contributed by atoms with Crippen molar-refractivity contribution in [3.63, 3.8) is 0 Å². The summed E-state index contributed by atoms with van der Waals surface area (Å²) in [4.78, 5) is 21.9. The normalized spacial score (nSPS) is 36.5. The molecule has 4 atom stereocenters. The quantitative estimate of drug-likeness (QED) is 0.431. The predicted octanol–water partition coefficient (Wildman–Crippen LogP) is 4.13. The SMILES string of the molecule is Cc1ccc(S(=O)(=O)N2C(=O)C3C(C2=O)C2(Cl)C(Cl)=C(Cl)C3(Cl)C2(Cl)Cl)cc1. The first-order valence-corrected chi connectivity index (χ1v) is 11.5. The summed E-state index contributed by atoms with van der Waals surface area (Å²) in [5.74, 6) is -5.21. The summed E-state index contributed by atoms with van der Waals surface area (Å²) in [5.41, 5.74) is 0.796. The number of imide groups is 1. The lowest BCUT2D eigenvalue weighted by atomic mass is 9.84. The average molecular weight is 524 g/mol. The molecule has 0 radical (unpaired) electrons. The highest BCUT2D eigenvalue weighted by molar-refractivity contribution is 7.90. The number of halogens is 6. The molecule has 3 aliphatic rings. The van der Waals surface area contributed by atoms with Crippen LogP contribution < -0.4 is 0 Å². The van der Waals surface area contributed by atoms with Crippen LogP contribution in [0.2, 0.25) is 0 Å². The Balaban J connectivity index is 1.89. The molecule has 0 aromatic heterocycles. The number of benzene rings is 1. The summed E-state index contributed by atoms with van der Waals surface area (Å²) in [6.45, 7) is 1.76. The van der Waals surface area contributed by atoms with Gasteiger partial charge >= 0.3 is 0 Å². The minimum Gasteiger partial charge on any atom is -0.273 e. The Labute approximate surface area is 190 Å². The molecule has 28 heavy (non-hydrogen) atoms. The smallest absolute Gasteiger partial charge is 0.273 e. The molecule has 2 amide bonds. The molecule has 2 aliphatic carbocycles. The summed E-state index contributed by atoms with van der Waals surface area (Å²) >= 11 is 38.2. The van der Waals surface area contributed by atoms with Gasteiger partial charge in [-0.25, -0.2) is 8.42 Å². The van der Waals surface area contributed by atoms with Crippen LogP contribution in [0, 0.1) is 18.8 Å². The van der Waals surface area contributed by atoms with E-state index in [1.165, 1.54) is 24.3 Å². The largest absolute Gasteiger partial charge is 0.273 e. The van der Waals surface area contributed by atoms with Crippen molar-refractivity contribution >= 4 is 91.4 Å². The zero-order chi connectivity index (χ0) is 21.0. The highest BCUT2D eigenvalue weighted by Crippen LogP contribution is 2.77. The second kappa shape index (κ2) is 5.94. The van der Waals surface area contributed by atoms with Crippen molar-refractivity contribution in [2.75, 3.05) is 0 Å². The van der Waals surface area contributed by atoms with E-state index in [-0.39, 0.29) is 19.3 Å². The fourth-order valence-corrected chi connectivity index (χ4v) is 8.34. The fraction of sp³-hybridized carbons (Fsp3) is 0.375. The maximum atomic E-state index is 13.1. The number of hydrogen-bond donors (Lipinski definition) is 0. The Kier molecular flexibility index (Phi) is 4.46. The van der Waals surface area contributed by atoms with Crippen molar-refractivity contribution in [3.05, 3.63) is 39.9 Å². The number of aryl methyl sites for hydroxylation is 1. The molecule has 2 bridgehead atoms. The second-order valence-corrected chi connectivity index (χ2v) is 11.9. The van der Waals surface area contributed by atoms with Gasteiger partial charge in [0.25, 0.3) is 10.0 Å². The third-order valence-electron chi connectivity index (χ3n) is 5.43. The molecule has 1 saturated heterocycles. The molecule has 1 aliphatic heterocycles. The van der Waals surface area contributed by atoms with Gasteiger partial charge < -0.3 is 0 Å². The molecule has 12 heteroatoms. The van der Waals surface area contributed by atoms with Crippen LogP contribution in [0.5, 0.6) is 0 Å². The predicted molar refractivity (Wildman–Crippen MR) is 108 cm³/mol. The van der Waals surface area contributed by atoms with E-state index in [1.54, 1.807) is 6.92 Å². The van der Waals surface area contributed by atoms with E-state index in [4.69, 9.17) is 69.6 Å². The van der Waals surface area contributed by atoms with Gasteiger partial charge in [-0.05, 0) is 19.1 Å². The molecule has 150 valence electrons. The van der Waals surface area contributed by atoms with Crippen molar-refractivity contribution in [3.8, 4) is 0 Å². The van der Waals surface area contributed by atoms with Crippen LogP contribution in [0.15, 0.2) is 39.2 Å². The van der Waals surface area contributed by atoms with E-state index >= 15 is 0 Å². The highest BCUT2D eigenvalue weighted by atomic mass is 35.5. The van der Waals surface area contributed by atoms with Crippen molar-refractivity contribution in [1.82, 2.24) is 4.31 Å². The van der Waals surface area contributed by atoms with E-state index in [0.717, 1.165) is 5.56 Å². The fourth-order valence-electron chi connectivity index (χ4n) is 4.02. The minimum absolute atomic E-state index is 0.157. The van der Waals surface area contributed by atoms with Gasteiger partial charge in [-0.15, -0.1) is 23.2 Å². The second-order valence-electron chi connectivity index (χ2n) is 6.84. The lowest BCUT2D eigenvalue weighted by molar-refractivity contribution is -0.134. The van der Waals surface area contributed by atoms with Crippen LogP contribution in [0.25, 0.3) is 0 Å². The van der Waals surface area contributed by atoms with E-state index < -0.39 is 47.8 Å². The van der Waals surface area contributed by atoms with Gasteiger partial charge in [-0.1, -0.05) is 64.1 Å². The zero-order valence-corrected chi connectivity index (χ0v) is 19.1. The standard InChI is InChI=1S/C16H9Cl6NO4S/c1-6-2-4-7(5-3-6)28(26,27)23-12(24)8-9(13(23)25)15(20)11(18)10(17)14(8,19)16(15,21)22/h2-5,8-9H,1H3. The molecular weight excluding hydrogens is 515 g/mol. The Morgan fingerprint density at radius 2 is 1.25 bits per heavy atom. The Bertz CT molecular complexity index is 1040. The lowest BCUT2D eigenvalue weighted by Gasteiger charge is -2.34. The zero-order valence-electron chi connectivity index (χ0n) is 13.7. The van der Waals surface area contributed by atoms with Gasteiger partial charge in [0.05, 0.1) is 26.8 Å². The Hall–Kier alpha value is -0.210. The van der Waals surface area contributed by atoms with Gasteiger partial charge in [0.15, 0.2) is 4.33 Å². The lowest BCUT2D eigenvalue weighted by Crippen LogP contribution is -2.51. The molecule has 1 aromatic rings. The number of alkyl halides is 4. The molecule has 2 fully saturated rings. The molecule has 4 rings (SSSR count). The van der Waals surface area contributed by atoms with E-state index in [2.05, 4.69) is 0 Å². The van der Waals surface area contributed by atoms with Gasteiger partial charge in [0.2, 0.25) is 11.8 Å². The monoisotopic (exact) mass is 521 g/mol.